The van der Waals surface area contributed by atoms with E-state index in [1.807, 2.05) is 18.3 Å². The first-order valence-corrected chi connectivity index (χ1v) is 8.29. The molecule has 0 N–H and O–H groups in total. The minimum absolute atomic E-state index is 0.869. The van der Waals surface area contributed by atoms with Gasteiger partial charge < -0.3 is 9.80 Å². The van der Waals surface area contributed by atoms with Gasteiger partial charge in [-0.1, -0.05) is 31.0 Å². The average molecular weight is 296 g/mol. The average Bonchev–Trinajstić information content (AvgIpc) is 2.86. The van der Waals surface area contributed by atoms with Crippen LogP contribution in [0, 0.1) is 0 Å². The van der Waals surface area contributed by atoms with Gasteiger partial charge in [0.2, 0.25) is 5.95 Å². The minimum Gasteiger partial charge on any atom is -0.341 e. The molecule has 116 valence electrons. The van der Waals surface area contributed by atoms with Crippen molar-refractivity contribution in [1.82, 2.24) is 9.97 Å². The van der Waals surface area contributed by atoms with E-state index in [2.05, 4.69) is 46.0 Å². The Morgan fingerprint density at radius 2 is 1.73 bits per heavy atom. The summed E-state index contributed by atoms with van der Waals surface area (Å²) in [6.07, 6.45) is 7.00. The van der Waals surface area contributed by atoms with Crippen LogP contribution in [0.1, 0.15) is 32.6 Å². The Morgan fingerprint density at radius 3 is 2.41 bits per heavy atom. The molecule has 1 aliphatic rings. The van der Waals surface area contributed by atoms with Crippen LogP contribution in [0.25, 0.3) is 0 Å². The van der Waals surface area contributed by atoms with E-state index in [4.69, 9.17) is 4.98 Å². The van der Waals surface area contributed by atoms with Gasteiger partial charge in [0.25, 0.3) is 0 Å². The van der Waals surface area contributed by atoms with Crippen molar-refractivity contribution in [3.05, 3.63) is 42.6 Å². The second kappa shape index (κ2) is 7.25. The molecule has 22 heavy (non-hydrogen) atoms. The number of nitrogens with zero attached hydrogens (tertiary/aromatic N) is 4. The Morgan fingerprint density at radius 1 is 1.00 bits per heavy atom. The normalized spacial score (nSPS) is 15.4. The van der Waals surface area contributed by atoms with Gasteiger partial charge in [0, 0.05) is 31.5 Å². The Balaban J connectivity index is 1.86. The molecule has 0 spiro atoms. The molecule has 4 heteroatoms. The zero-order valence-electron chi connectivity index (χ0n) is 13.3. The van der Waals surface area contributed by atoms with Gasteiger partial charge in [0.1, 0.15) is 5.82 Å². The van der Waals surface area contributed by atoms with Gasteiger partial charge in [-0.2, -0.15) is 4.98 Å². The first-order chi connectivity index (χ1) is 10.9. The van der Waals surface area contributed by atoms with Crippen molar-refractivity contribution in [3.63, 3.8) is 0 Å². The number of para-hydroxylation sites is 1. The van der Waals surface area contributed by atoms with Crippen molar-refractivity contribution in [1.29, 1.82) is 0 Å². The van der Waals surface area contributed by atoms with Crippen molar-refractivity contribution < 1.29 is 0 Å². The lowest BCUT2D eigenvalue weighted by Crippen LogP contribution is -2.27. The van der Waals surface area contributed by atoms with Gasteiger partial charge in [-0.05, 0) is 38.0 Å². The smallest absolute Gasteiger partial charge is 0.227 e. The highest BCUT2D eigenvalue weighted by molar-refractivity contribution is 5.60. The summed E-state index contributed by atoms with van der Waals surface area (Å²) in [5.41, 5.74) is 1.17. The summed E-state index contributed by atoms with van der Waals surface area (Å²) in [5, 5.41) is 0. The number of rotatable bonds is 4. The highest BCUT2D eigenvalue weighted by atomic mass is 15.3. The van der Waals surface area contributed by atoms with Crippen LogP contribution < -0.4 is 9.80 Å². The lowest BCUT2D eigenvalue weighted by molar-refractivity contribution is 0.726. The summed E-state index contributed by atoms with van der Waals surface area (Å²) in [6.45, 7) is 5.18. The van der Waals surface area contributed by atoms with Crippen molar-refractivity contribution in [2.24, 2.45) is 0 Å². The Kier molecular flexibility index (Phi) is 4.88. The quantitative estimate of drug-likeness (QED) is 0.853. The molecule has 1 aliphatic heterocycles. The predicted molar refractivity (Wildman–Crippen MR) is 91.8 cm³/mol. The van der Waals surface area contributed by atoms with E-state index in [0.717, 1.165) is 31.4 Å². The number of hydrogen-bond acceptors (Lipinski definition) is 4. The summed E-state index contributed by atoms with van der Waals surface area (Å²) in [5.74, 6) is 1.84. The third kappa shape index (κ3) is 3.38. The molecule has 0 radical (unpaired) electrons. The molecule has 2 aromatic rings. The zero-order chi connectivity index (χ0) is 15.2. The molecule has 0 bridgehead atoms. The second-order valence-electron chi connectivity index (χ2n) is 5.70. The molecule has 4 nitrogen and oxygen atoms in total. The molecule has 0 amide bonds. The highest BCUT2D eigenvalue weighted by Crippen LogP contribution is 2.24. The maximum atomic E-state index is 4.83. The SMILES string of the molecule is CCN(c1ccccc1)c1ccnc(N2CCCCCC2)n1. The van der Waals surface area contributed by atoms with Crippen molar-refractivity contribution in [2.45, 2.75) is 32.6 Å². The lowest BCUT2D eigenvalue weighted by Gasteiger charge is -2.25. The van der Waals surface area contributed by atoms with Crippen LogP contribution in [0.2, 0.25) is 0 Å². The molecule has 1 aromatic heterocycles. The summed E-state index contributed by atoms with van der Waals surface area (Å²) in [7, 11) is 0. The third-order valence-corrected chi connectivity index (χ3v) is 4.18. The largest absolute Gasteiger partial charge is 0.341 e. The molecule has 1 saturated heterocycles. The molecule has 3 rings (SSSR count). The minimum atomic E-state index is 0.869. The van der Waals surface area contributed by atoms with Crippen LogP contribution in [0.4, 0.5) is 17.5 Å². The van der Waals surface area contributed by atoms with Gasteiger partial charge in [-0.25, -0.2) is 4.98 Å². The van der Waals surface area contributed by atoms with Gasteiger partial charge >= 0.3 is 0 Å². The topological polar surface area (TPSA) is 32.3 Å². The Bertz CT molecular complexity index is 577. The fraction of sp³-hybridized carbons (Fsp3) is 0.444. The maximum absolute atomic E-state index is 4.83. The Hall–Kier alpha value is -2.10. The second-order valence-corrected chi connectivity index (χ2v) is 5.70. The number of anilines is 3. The summed E-state index contributed by atoms with van der Waals surface area (Å²) in [6, 6.07) is 12.4. The molecule has 1 aromatic carbocycles. The van der Waals surface area contributed by atoms with Gasteiger partial charge in [-0.15, -0.1) is 0 Å². The van der Waals surface area contributed by atoms with Crippen LogP contribution in [-0.2, 0) is 0 Å². The van der Waals surface area contributed by atoms with Crippen molar-refractivity contribution in [3.8, 4) is 0 Å². The molecule has 0 saturated carbocycles. The predicted octanol–water partition coefficient (Wildman–Crippen LogP) is 4.02. The van der Waals surface area contributed by atoms with Crippen molar-refractivity contribution in [2.75, 3.05) is 29.4 Å². The fourth-order valence-corrected chi connectivity index (χ4v) is 3.00. The summed E-state index contributed by atoms with van der Waals surface area (Å²) < 4.78 is 0. The van der Waals surface area contributed by atoms with Crippen LogP contribution in [0.5, 0.6) is 0 Å². The molecule has 0 atom stereocenters. The molecular weight excluding hydrogens is 272 g/mol. The summed E-state index contributed by atoms with van der Waals surface area (Å²) >= 11 is 0. The molecule has 0 aliphatic carbocycles. The number of aromatic nitrogens is 2. The first-order valence-electron chi connectivity index (χ1n) is 8.29. The van der Waals surface area contributed by atoms with Crippen LogP contribution in [-0.4, -0.2) is 29.6 Å². The molecular formula is C18H24N4. The first kappa shape index (κ1) is 14.8. The summed E-state index contributed by atoms with van der Waals surface area (Å²) in [4.78, 5) is 13.9. The molecule has 2 heterocycles. The fourth-order valence-electron chi connectivity index (χ4n) is 3.00. The standard InChI is InChI=1S/C18H24N4/c1-2-22(16-10-6-5-7-11-16)17-12-13-19-18(20-17)21-14-8-3-4-9-15-21/h5-7,10-13H,2-4,8-9,14-15H2,1H3. The van der Waals surface area contributed by atoms with E-state index in [-0.39, 0.29) is 0 Å². The highest BCUT2D eigenvalue weighted by Gasteiger charge is 2.15. The van der Waals surface area contributed by atoms with E-state index in [0.29, 0.717) is 0 Å². The van der Waals surface area contributed by atoms with E-state index in [9.17, 15) is 0 Å². The van der Waals surface area contributed by atoms with Crippen LogP contribution in [0.15, 0.2) is 42.6 Å². The van der Waals surface area contributed by atoms with E-state index in [1.54, 1.807) is 0 Å². The lowest BCUT2D eigenvalue weighted by atomic mass is 10.2. The van der Waals surface area contributed by atoms with E-state index >= 15 is 0 Å². The van der Waals surface area contributed by atoms with Crippen molar-refractivity contribution >= 4 is 17.5 Å². The van der Waals surface area contributed by atoms with E-state index in [1.165, 1.54) is 31.4 Å². The van der Waals surface area contributed by atoms with Gasteiger partial charge in [0.15, 0.2) is 0 Å². The monoisotopic (exact) mass is 296 g/mol. The van der Waals surface area contributed by atoms with Gasteiger partial charge in [0.05, 0.1) is 0 Å². The number of benzene rings is 1. The van der Waals surface area contributed by atoms with Crippen LogP contribution >= 0.6 is 0 Å². The van der Waals surface area contributed by atoms with Gasteiger partial charge in [-0.3, -0.25) is 0 Å². The van der Waals surface area contributed by atoms with E-state index < -0.39 is 0 Å². The molecule has 1 fully saturated rings. The van der Waals surface area contributed by atoms with Crippen LogP contribution in [0.3, 0.4) is 0 Å². The maximum Gasteiger partial charge on any atom is 0.227 e. The Labute approximate surface area is 132 Å². The zero-order valence-corrected chi connectivity index (χ0v) is 13.3. The third-order valence-electron chi connectivity index (χ3n) is 4.18. The molecule has 0 unspecified atom stereocenters. The number of hydrogen-bond donors (Lipinski definition) is 0.